The first-order valence-electron chi connectivity index (χ1n) is 7.38. The van der Waals surface area contributed by atoms with Crippen LogP contribution in [0.4, 0.5) is 0 Å². The summed E-state index contributed by atoms with van der Waals surface area (Å²) in [5.41, 5.74) is 1.38. The lowest BCUT2D eigenvalue weighted by Crippen LogP contribution is -2.37. The smallest absolute Gasteiger partial charge is 0.337 e. The van der Waals surface area contributed by atoms with Crippen LogP contribution in [0.2, 0.25) is 19.6 Å². The molecule has 0 atom stereocenters. The van der Waals surface area contributed by atoms with Gasteiger partial charge in [0, 0.05) is 0 Å². The second-order valence-electron chi connectivity index (χ2n) is 6.36. The molecular weight excluding hydrogens is 304 g/mol. The van der Waals surface area contributed by atoms with Gasteiger partial charge in [0.1, 0.15) is 12.4 Å². The number of carbonyl (C=O) groups is 1. The molecule has 0 aliphatic rings. The first kappa shape index (κ1) is 16.9. The van der Waals surface area contributed by atoms with Gasteiger partial charge in [-0.25, -0.2) is 4.79 Å². The number of terminal acetylenes is 1. The number of aromatic carboxylic acids is 1. The Hall–Kier alpha value is -2.51. The Morgan fingerprint density at radius 1 is 1.17 bits per heavy atom. The molecule has 1 N–H and O–H groups in total. The number of carboxylic acids is 1. The first-order chi connectivity index (χ1) is 10.8. The molecule has 0 radical (unpaired) electrons. The average Bonchev–Trinajstić information content (AvgIpc) is 2.51. The minimum absolute atomic E-state index is 0.0825. The minimum Gasteiger partial charge on any atom is -0.488 e. The summed E-state index contributed by atoms with van der Waals surface area (Å²) >= 11 is 0. The molecule has 0 heterocycles. The summed E-state index contributed by atoms with van der Waals surface area (Å²) in [5.74, 6) is 1.78. The van der Waals surface area contributed by atoms with Crippen molar-refractivity contribution in [3.05, 3.63) is 59.2 Å². The quantitative estimate of drug-likeness (QED) is 0.676. The molecule has 3 nitrogen and oxygen atoms in total. The third-order valence-corrected chi connectivity index (χ3v) is 5.68. The van der Waals surface area contributed by atoms with Crippen molar-refractivity contribution < 1.29 is 14.6 Å². The maximum absolute atomic E-state index is 11.2. The molecule has 0 saturated carbocycles. The van der Waals surface area contributed by atoms with Gasteiger partial charge in [-0.3, -0.25) is 0 Å². The Morgan fingerprint density at radius 2 is 1.83 bits per heavy atom. The van der Waals surface area contributed by atoms with E-state index in [4.69, 9.17) is 16.3 Å². The van der Waals surface area contributed by atoms with Gasteiger partial charge in [0.05, 0.1) is 19.2 Å². The fourth-order valence-corrected chi connectivity index (χ4v) is 3.41. The second-order valence-corrected chi connectivity index (χ2v) is 11.4. The van der Waals surface area contributed by atoms with Crippen LogP contribution in [-0.2, 0) is 6.61 Å². The summed E-state index contributed by atoms with van der Waals surface area (Å²) in [6.07, 6.45) is 5.44. The van der Waals surface area contributed by atoms with Gasteiger partial charge in [-0.1, -0.05) is 61.1 Å². The van der Waals surface area contributed by atoms with Crippen molar-refractivity contribution in [3.8, 4) is 18.1 Å². The zero-order chi connectivity index (χ0) is 17.0. The lowest BCUT2D eigenvalue weighted by molar-refractivity contribution is 0.0696. The summed E-state index contributed by atoms with van der Waals surface area (Å²) in [7, 11) is -1.31. The van der Waals surface area contributed by atoms with Gasteiger partial charge in [0.25, 0.3) is 0 Å². The number of ether oxygens (including phenoxy) is 1. The van der Waals surface area contributed by atoms with E-state index in [0.717, 1.165) is 5.56 Å². The van der Waals surface area contributed by atoms with Crippen molar-refractivity contribution in [1.82, 2.24) is 0 Å². The van der Waals surface area contributed by atoms with Crippen LogP contribution in [0.1, 0.15) is 21.5 Å². The minimum atomic E-state index is -1.31. The Labute approximate surface area is 137 Å². The van der Waals surface area contributed by atoms with Crippen LogP contribution in [0.5, 0.6) is 5.75 Å². The summed E-state index contributed by atoms with van der Waals surface area (Å²) < 4.78 is 5.74. The Morgan fingerprint density at radius 3 is 2.35 bits per heavy atom. The molecule has 0 saturated heterocycles. The maximum atomic E-state index is 11.2. The number of hydrogen-bond donors (Lipinski definition) is 1. The molecule has 0 aromatic heterocycles. The second kappa shape index (κ2) is 6.72. The predicted molar refractivity (Wildman–Crippen MR) is 95.1 cm³/mol. The maximum Gasteiger partial charge on any atom is 0.337 e. The topological polar surface area (TPSA) is 46.5 Å². The van der Waals surface area contributed by atoms with E-state index in [2.05, 4.69) is 37.7 Å². The van der Waals surface area contributed by atoms with E-state index in [1.807, 2.05) is 12.1 Å². The van der Waals surface area contributed by atoms with Crippen molar-refractivity contribution in [2.75, 3.05) is 0 Å². The lowest BCUT2D eigenvalue weighted by Gasteiger charge is -2.17. The Bertz CT molecular complexity index is 750. The molecule has 0 unspecified atom stereocenters. The fourth-order valence-electron chi connectivity index (χ4n) is 2.24. The SMILES string of the molecule is C#Cc1c(OCc2ccc([Si](C)(C)C)cc2)cccc1C(=O)O. The van der Waals surface area contributed by atoms with Crippen LogP contribution in [0, 0.1) is 12.3 Å². The zero-order valence-electron chi connectivity index (χ0n) is 13.6. The Balaban J connectivity index is 2.17. The van der Waals surface area contributed by atoms with E-state index >= 15 is 0 Å². The van der Waals surface area contributed by atoms with Crippen molar-refractivity contribution in [3.63, 3.8) is 0 Å². The third-order valence-electron chi connectivity index (χ3n) is 3.62. The monoisotopic (exact) mass is 324 g/mol. The van der Waals surface area contributed by atoms with Gasteiger partial charge in [0.15, 0.2) is 0 Å². The van der Waals surface area contributed by atoms with E-state index in [1.54, 1.807) is 12.1 Å². The van der Waals surface area contributed by atoms with Gasteiger partial charge in [-0.05, 0) is 17.7 Å². The first-order valence-corrected chi connectivity index (χ1v) is 10.9. The van der Waals surface area contributed by atoms with Gasteiger partial charge >= 0.3 is 5.97 Å². The molecule has 0 fully saturated rings. The highest BCUT2D eigenvalue weighted by Crippen LogP contribution is 2.22. The molecule has 0 aliphatic heterocycles. The average molecular weight is 324 g/mol. The highest BCUT2D eigenvalue weighted by molar-refractivity contribution is 6.88. The van der Waals surface area contributed by atoms with Gasteiger partial charge < -0.3 is 9.84 Å². The van der Waals surface area contributed by atoms with Gasteiger partial charge in [-0.2, -0.15) is 0 Å². The molecule has 0 bridgehead atoms. The predicted octanol–water partition coefficient (Wildman–Crippen LogP) is 3.49. The van der Waals surface area contributed by atoms with E-state index < -0.39 is 14.0 Å². The molecule has 0 aliphatic carbocycles. The summed E-state index contributed by atoms with van der Waals surface area (Å²) in [6.45, 7) is 7.25. The number of carboxylic acid groups (broad SMARTS) is 1. The highest BCUT2D eigenvalue weighted by atomic mass is 28.3. The Kier molecular flexibility index (Phi) is 4.92. The molecular formula is C19H20O3Si. The number of rotatable bonds is 5. The number of benzene rings is 2. The standard InChI is InChI=1S/C19H20O3Si/c1-5-16-17(19(20)21)7-6-8-18(16)22-13-14-9-11-15(12-10-14)23(2,3)4/h1,6-12H,13H2,2-4H3,(H,20,21). The van der Waals surface area contributed by atoms with Crippen LogP contribution < -0.4 is 9.92 Å². The number of hydrogen-bond acceptors (Lipinski definition) is 2. The van der Waals surface area contributed by atoms with Crippen molar-refractivity contribution >= 4 is 19.2 Å². The van der Waals surface area contributed by atoms with E-state index in [1.165, 1.54) is 11.3 Å². The lowest BCUT2D eigenvalue weighted by atomic mass is 10.1. The van der Waals surface area contributed by atoms with Crippen LogP contribution in [-0.4, -0.2) is 19.1 Å². The van der Waals surface area contributed by atoms with Crippen LogP contribution in [0.3, 0.4) is 0 Å². The van der Waals surface area contributed by atoms with Gasteiger partial charge in [-0.15, -0.1) is 6.42 Å². The molecule has 23 heavy (non-hydrogen) atoms. The molecule has 4 heteroatoms. The van der Waals surface area contributed by atoms with E-state index in [0.29, 0.717) is 12.4 Å². The van der Waals surface area contributed by atoms with Crippen LogP contribution in [0.15, 0.2) is 42.5 Å². The summed E-state index contributed by atoms with van der Waals surface area (Å²) in [5, 5.41) is 10.6. The molecule has 2 rings (SSSR count). The molecule has 0 amide bonds. The van der Waals surface area contributed by atoms with E-state index in [-0.39, 0.29) is 11.1 Å². The van der Waals surface area contributed by atoms with Gasteiger partial charge in [0.2, 0.25) is 0 Å². The summed E-state index contributed by atoms with van der Waals surface area (Å²) in [6, 6.07) is 13.2. The van der Waals surface area contributed by atoms with Crippen molar-refractivity contribution in [2.45, 2.75) is 26.2 Å². The normalized spacial score (nSPS) is 10.9. The largest absolute Gasteiger partial charge is 0.488 e. The zero-order valence-corrected chi connectivity index (χ0v) is 14.6. The van der Waals surface area contributed by atoms with Crippen molar-refractivity contribution in [1.29, 1.82) is 0 Å². The molecule has 2 aromatic rings. The summed E-state index contributed by atoms with van der Waals surface area (Å²) in [4.78, 5) is 11.2. The third kappa shape index (κ3) is 4.02. The highest BCUT2D eigenvalue weighted by Gasteiger charge is 2.16. The van der Waals surface area contributed by atoms with Crippen molar-refractivity contribution in [2.24, 2.45) is 0 Å². The van der Waals surface area contributed by atoms with E-state index in [9.17, 15) is 4.79 Å². The molecule has 2 aromatic carbocycles. The fraction of sp³-hybridized carbons (Fsp3) is 0.211. The molecule has 118 valence electrons. The molecule has 0 spiro atoms. The van der Waals surface area contributed by atoms with Crippen LogP contribution >= 0.6 is 0 Å². The van der Waals surface area contributed by atoms with Crippen LogP contribution in [0.25, 0.3) is 0 Å².